The molecule has 1 heterocycles. The first-order chi connectivity index (χ1) is 7.68. The number of allylic oxidation sites excluding steroid dienone is 1. The van der Waals surface area contributed by atoms with Gasteiger partial charge in [-0.3, -0.25) is 4.90 Å². The van der Waals surface area contributed by atoms with Gasteiger partial charge in [0.2, 0.25) is 0 Å². The third kappa shape index (κ3) is 6.13. The summed E-state index contributed by atoms with van der Waals surface area (Å²) in [5.41, 5.74) is 1.22. The molecule has 0 N–H and O–H groups in total. The van der Waals surface area contributed by atoms with Gasteiger partial charge >= 0.3 is 0 Å². The largest absolute Gasteiger partial charge is 0.501 e. The van der Waals surface area contributed by atoms with Gasteiger partial charge in [0.1, 0.15) is 0 Å². The number of nitrogens with zero attached hydrogens (tertiary/aromatic N) is 1. The van der Waals surface area contributed by atoms with E-state index in [9.17, 15) is 0 Å². The van der Waals surface area contributed by atoms with Gasteiger partial charge in [-0.15, -0.1) is 0 Å². The number of ether oxygens (including phenoxy) is 2. The predicted octanol–water partition coefficient (Wildman–Crippen LogP) is 2.29. The lowest BCUT2D eigenvalue weighted by molar-refractivity contribution is 0.0342. The van der Waals surface area contributed by atoms with Crippen LogP contribution in [0.2, 0.25) is 0 Å². The Morgan fingerprint density at radius 3 is 2.69 bits per heavy atom. The van der Waals surface area contributed by atoms with E-state index in [1.165, 1.54) is 18.5 Å². The maximum Gasteiger partial charge on any atom is 0.0899 e. The summed E-state index contributed by atoms with van der Waals surface area (Å²) in [6, 6.07) is 0. The minimum Gasteiger partial charge on any atom is -0.501 e. The van der Waals surface area contributed by atoms with Crippen LogP contribution in [-0.4, -0.2) is 44.4 Å². The second-order valence-corrected chi connectivity index (χ2v) is 4.88. The smallest absolute Gasteiger partial charge is 0.0899 e. The van der Waals surface area contributed by atoms with Crippen molar-refractivity contribution in [1.82, 2.24) is 4.90 Å². The van der Waals surface area contributed by atoms with Crippen molar-refractivity contribution in [2.45, 2.75) is 27.2 Å². The summed E-state index contributed by atoms with van der Waals surface area (Å²) in [6.45, 7) is 12.3. The van der Waals surface area contributed by atoms with Crippen molar-refractivity contribution >= 4 is 0 Å². The first-order valence-electron chi connectivity index (χ1n) is 6.23. The van der Waals surface area contributed by atoms with Crippen LogP contribution in [0.25, 0.3) is 0 Å². The van der Waals surface area contributed by atoms with E-state index in [4.69, 9.17) is 9.47 Å². The number of rotatable bonds is 6. The van der Waals surface area contributed by atoms with E-state index < -0.39 is 0 Å². The normalized spacial score (nSPS) is 19.2. The van der Waals surface area contributed by atoms with E-state index in [1.54, 1.807) is 0 Å². The molecule has 16 heavy (non-hydrogen) atoms. The van der Waals surface area contributed by atoms with Crippen LogP contribution in [-0.2, 0) is 9.47 Å². The van der Waals surface area contributed by atoms with Gasteiger partial charge in [-0.1, -0.05) is 6.92 Å². The molecule has 1 fully saturated rings. The van der Waals surface area contributed by atoms with Crippen LogP contribution < -0.4 is 0 Å². The van der Waals surface area contributed by atoms with E-state index in [1.807, 2.05) is 6.26 Å². The van der Waals surface area contributed by atoms with Crippen LogP contribution >= 0.6 is 0 Å². The fourth-order valence-corrected chi connectivity index (χ4v) is 1.69. The Kier molecular flexibility index (Phi) is 6.50. The number of hydrogen-bond donors (Lipinski definition) is 0. The average molecular weight is 227 g/mol. The second kappa shape index (κ2) is 7.69. The summed E-state index contributed by atoms with van der Waals surface area (Å²) >= 11 is 0. The molecule has 0 aliphatic carbocycles. The Morgan fingerprint density at radius 1 is 1.38 bits per heavy atom. The first kappa shape index (κ1) is 13.5. The van der Waals surface area contributed by atoms with Gasteiger partial charge in [-0.05, 0) is 38.3 Å². The van der Waals surface area contributed by atoms with Crippen molar-refractivity contribution in [3.8, 4) is 0 Å². The van der Waals surface area contributed by atoms with E-state index >= 15 is 0 Å². The summed E-state index contributed by atoms with van der Waals surface area (Å²) in [7, 11) is 0. The van der Waals surface area contributed by atoms with Crippen LogP contribution in [0.4, 0.5) is 0 Å². The van der Waals surface area contributed by atoms with E-state index in [2.05, 4.69) is 25.7 Å². The zero-order valence-corrected chi connectivity index (χ0v) is 10.9. The van der Waals surface area contributed by atoms with Gasteiger partial charge in [0.25, 0.3) is 0 Å². The van der Waals surface area contributed by atoms with Crippen molar-refractivity contribution in [1.29, 1.82) is 0 Å². The van der Waals surface area contributed by atoms with Gasteiger partial charge in [0, 0.05) is 13.1 Å². The Morgan fingerprint density at radius 2 is 2.06 bits per heavy atom. The van der Waals surface area contributed by atoms with Gasteiger partial charge in [-0.25, -0.2) is 0 Å². The standard InChI is InChI=1S/C13H25NO2/c1-12(2)10-16-11-13(3)4-5-14-6-8-15-9-7-14/h10,13H,4-9,11H2,1-3H3. The highest BCUT2D eigenvalue weighted by molar-refractivity contribution is 4.86. The molecule has 3 heteroatoms. The van der Waals surface area contributed by atoms with Crippen molar-refractivity contribution in [3.05, 3.63) is 11.8 Å². The average Bonchev–Trinajstić information content (AvgIpc) is 2.27. The van der Waals surface area contributed by atoms with Crippen molar-refractivity contribution in [2.75, 3.05) is 39.5 Å². The van der Waals surface area contributed by atoms with Crippen molar-refractivity contribution in [2.24, 2.45) is 5.92 Å². The zero-order valence-electron chi connectivity index (χ0n) is 10.9. The molecule has 1 rings (SSSR count). The van der Waals surface area contributed by atoms with Crippen LogP contribution in [0.3, 0.4) is 0 Å². The summed E-state index contributed by atoms with van der Waals surface area (Å²) in [5.74, 6) is 0.624. The number of morpholine rings is 1. The molecule has 0 aromatic heterocycles. The maximum atomic E-state index is 5.49. The molecule has 0 radical (unpaired) electrons. The molecule has 1 unspecified atom stereocenters. The summed E-state index contributed by atoms with van der Waals surface area (Å²) in [5, 5.41) is 0. The van der Waals surface area contributed by atoms with Crippen LogP contribution in [0.5, 0.6) is 0 Å². The van der Waals surface area contributed by atoms with E-state index in [-0.39, 0.29) is 0 Å². The molecule has 0 saturated carbocycles. The first-order valence-corrected chi connectivity index (χ1v) is 6.23. The Labute approximate surface area is 99.4 Å². The molecular formula is C13H25NO2. The summed E-state index contributed by atoms with van der Waals surface area (Å²) in [4.78, 5) is 2.47. The van der Waals surface area contributed by atoms with Crippen molar-refractivity contribution < 1.29 is 9.47 Å². The van der Waals surface area contributed by atoms with Gasteiger partial charge in [0.15, 0.2) is 0 Å². The Balaban J connectivity index is 2.04. The highest BCUT2D eigenvalue weighted by atomic mass is 16.5. The van der Waals surface area contributed by atoms with E-state index in [0.717, 1.165) is 32.9 Å². The molecule has 0 aromatic rings. The van der Waals surface area contributed by atoms with Crippen LogP contribution in [0.1, 0.15) is 27.2 Å². The fraction of sp³-hybridized carbons (Fsp3) is 0.846. The maximum absolute atomic E-state index is 5.49. The third-order valence-corrected chi connectivity index (χ3v) is 2.74. The molecule has 0 bridgehead atoms. The third-order valence-electron chi connectivity index (χ3n) is 2.74. The van der Waals surface area contributed by atoms with Crippen molar-refractivity contribution in [3.63, 3.8) is 0 Å². The van der Waals surface area contributed by atoms with E-state index in [0.29, 0.717) is 5.92 Å². The Bertz CT molecular complexity index is 206. The monoisotopic (exact) mass is 227 g/mol. The molecule has 1 atom stereocenters. The highest BCUT2D eigenvalue weighted by Gasteiger charge is 2.11. The quantitative estimate of drug-likeness (QED) is 0.650. The minimum atomic E-state index is 0.624. The second-order valence-electron chi connectivity index (χ2n) is 4.88. The summed E-state index contributed by atoms with van der Waals surface area (Å²) < 4.78 is 10.8. The van der Waals surface area contributed by atoms with Crippen LogP contribution in [0.15, 0.2) is 11.8 Å². The minimum absolute atomic E-state index is 0.624. The lowest BCUT2D eigenvalue weighted by Crippen LogP contribution is -2.37. The SMILES string of the molecule is CC(C)=COCC(C)CCN1CCOCC1. The molecule has 1 saturated heterocycles. The fourth-order valence-electron chi connectivity index (χ4n) is 1.69. The predicted molar refractivity (Wildman–Crippen MR) is 66.4 cm³/mol. The molecule has 1 aliphatic rings. The summed E-state index contributed by atoms with van der Waals surface area (Å²) in [6.07, 6.45) is 3.06. The molecule has 0 amide bonds. The van der Waals surface area contributed by atoms with Crippen LogP contribution in [0, 0.1) is 5.92 Å². The Hall–Kier alpha value is -0.540. The molecule has 3 nitrogen and oxygen atoms in total. The van der Waals surface area contributed by atoms with Gasteiger partial charge in [0.05, 0.1) is 26.1 Å². The molecule has 1 aliphatic heterocycles. The molecular weight excluding hydrogens is 202 g/mol. The highest BCUT2D eigenvalue weighted by Crippen LogP contribution is 2.07. The van der Waals surface area contributed by atoms with Gasteiger partial charge in [-0.2, -0.15) is 0 Å². The zero-order chi connectivity index (χ0) is 11.8. The topological polar surface area (TPSA) is 21.7 Å². The lowest BCUT2D eigenvalue weighted by Gasteiger charge is -2.27. The number of hydrogen-bond acceptors (Lipinski definition) is 3. The molecule has 0 spiro atoms. The lowest BCUT2D eigenvalue weighted by atomic mass is 10.1. The molecule has 0 aromatic carbocycles. The van der Waals surface area contributed by atoms with Gasteiger partial charge < -0.3 is 9.47 Å². The molecule has 94 valence electrons.